The van der Waals surface area contributed by atoms with E-state index in [2.05, 4.69) is 9.71 Å². The summed E-state index contributed by atoms with van der Waals surface area (Å²) in [6.45, 7) is 3.31. The minimum atomic E-state index is -4.37. The predicted octanol–water partition coefficient (Wildman–Crippen LogP) is 2.35. The number of nitrogens with one attached hydrogen (secondary N) is 1. The number of hydrogen-bond acceptors (Lipinski definition) is 5. The molecule has 2 rings (SSSR count). The van der Waals surface area contributed by atoms with Gasteiger partial charge in [0.25, 0.3) is 0 Å². The molecule has 114 valence electrons. The third-order valence-electron chi connectivity index (χ3n) is 2.63. The Hall–Kier alpha value is -1.58. The summed E-state index contributed by atoms with van der Waals surface area (Å²) >= 11 is 1.26. The lowest BCUT2D eigenvalue weighted by Crippen LogP contribution is -2.28. The van der Waals surface area contributed by atoms with Gasteiger partial charge in [-0.3, -0.25) is 0 Å². The molecule has 0 aliphatic rings. The normalized spacial score (nSPS) is 13.3. The van der Waals surface area contributed by atoms with Crippen molar-refractivity contribution in [2.75, 3.05) is 5.73 Å². The number of nitrogen functional groups attached to an aromatic ring is 1. The number of anilines is 1. The van der Waals surface area contributed by atoms with Crippen molar-refractivity contribution >= 4 is 27.0 Å². The molecule has 1 atom stereocenters. The van der Waals surface area contributed by atoms with Crippen LogP contribution in [0.5, 0.6) is 0 Å². The molecule has 1 heterocycles. The van der Waals surface area contributed by atoms with Crippen LogP contribution in [0.3, 0.4) is 0 Å². The number of halogens is 2. The smallest absolute Gasteiger partial charge is 0.247 e. The molecule has 0 radical (unpaired) electrons. The Bertz CT molecular complexity index is 752. The van der Waals surface area contributed by atoms with Gasteiger partial charge >= 0.3 is 0 Å². The second-order valence-corrected chi connectivity index (χ2v) is 7.02. The Balaban J connectivity index is 2.35. The molecule has 0 fully saturated rings. The second-order valence-electron chi connectivity index (χ2n) is 4.48. The highest BCUT2D eigenvalue weighted by Gasteiger charge is 2.27. The van der Waals surface area contributed by atoms with Gasteiger partial charge in [0.1, 0.15) is 16.6 Å². The zero-order valence-electron chi connectivity index (χ0n) is 11.2. The summed E-state index contributed by atoms with van der Waals surface area (Å²) in [6.07, 6.45) is 0. The lowest BCUT2D eigenvalue weighted by Gasteiger charge is -2.13. The van der Waals surface area contributed by atoms with E-state index in [0.717, 1.165) is 17.8 Å². The summed E-state index contributed by atoms with van der Waals surface area (Å²) in [5.74, 6) is -2.47. The number of aromatic nitrogens is 1. The topological polar surface area (TPSA) is 85.1 Å². The molecule has 21 heavy (non-hydrogen) atoms. The maximum absolute atomic E-state index is 13.7. The molecule has 0 spiro atoms. The number of nitrogens with two attached hydrogens (primary N) is 1. The third-order valence-corrected chi connectivity index (χ3v) is 5.37. The molecule has 5 nitrogen and oxygen atoms in total. The molecular formula is C12H13F2N3O2S2. The lowest BCUT2D eigenvalue weighted by molar-refractivity contribution is 0.510. The Morgan fingerprint density at radius 3 is 2.38 bits per heavy atom. The van der Waals surface area contributed by atoms with Crippen molar-refractivity contribution in [2.24, 2.45) is 0 Å². The van der Waals surface area contributed by atoms with Crippen LogP contribution in [0.1, 0.15) is 23.7 Å². The van der Waals surface area contributed by atoms with Crippen LogP contribution in [-0.4, -0.2) is 13.4 Å². The van der Waals surface area contributed by atoms with Crippen LogP contribution in [0.15, 0.2) is 22.4 Å². The van der Waals surface area contributed by atoms with E-state index in [0.29, 0.717) is 5.01 Å². The van der Waals surface area contributed by atoms with Gasteiger partial charge in [-0.05, 0) is 26.0 Å². The van der Waals surface area contributed by atoms with E-state index >= 15 is 0 Å². The van der Waals surface area contributed by atoms with E-state index in [9.17, 15) is 17.2 Å². The lowest BCUT2D eigenvalue weighted by atomic mass is 10.3. The van der Waals surface area contributed by atoms with E-state index in [1.54, 1.807) is 19.2 Å². The molecule has 9 heteroatoms. The highest BCUT2D eigenvalue weighted by Crippen LogP contribution is 2.25. The van der Waals surface area contributed by atoms with Gasteiger partial charge in [-0.25, -0.2) is 26.9 Å². The van der Waals surface area contributed by atoms with Crippen molar-refractivity contribution in [1.82, 2.24) is 9.71 Å². The Kier molecular flexibility index (Phi) is 4.26. The molecule has 0 amide bonds. The largest absolute Gasteiger partial charge is 0.399 e. The van der Waals surface area contributed by atoms with Gasteiger partial charge < -0.3 is 5.73 Å². The average molecular weight is 333 g/mol. The Morgan fingerprint density at radius 2 is 1.90 bits per heavy atom. The molecule has 3 N–H and O–H groups in total. The molecule has 1 aromatic carbocycles. The Labute approximate surface area is 124 Å². The number of aryl methyl sites for hydroxylation is 1. The molecule has 0 bridgehead atoms. The zero-order chi connectivity index (χ0) is 15.8. The van der Waals surface area contributed by atoms with Gasteiger partial charge in [0.05, 0.1) is 6.04 Å². The number of nitrogens with zero attached hydrogens (tertiary/aromatic N) is 1. The van der Waals surface area contributed by atoms with Crippen LogP contribution < -0.4 is 10.5 Å². The Morgan fingerprint density at radius 1 is 1.33 bits per heavy atom. The third kappa shape index (κ3) is 3.36. The predicted molar refractivity (Wildman–Crippen MR) is 76.4 cm³/mol. The van der Waals surface area contributed by atoms with E-state index in [1.807, 2.05) is 0 Å². The fraction of sp³-hybridized carbons (Fsp3) is 0.250. The number of benzene rings is 1. The molecule has 1 unspecified atom stereocenters. The van der Waals surface area contributed by atoms with Gasteiger partial charge in [0, 0.05) is 16.8 Å². The van der Waals surface area contributed by atoms with Crippen molar-refractivity contribution in [2.45, 2.75) is 24.8 Å². The molecular weight excluding hydrogens is 320 g/mol. The van der Waals surface area contributed by atoms with Crippen LogP contribution in [0, 0.1) is 18.6 Å². The van der Waals surface area contributed by atoms with Crippen LogP contribution >= 0.6 is 11.3 Å². The van der Waals surface area contributed by atoms with Gasteiger partial charge in [-0.1, -0.05) is 0 Å². The minimum absolute atomic E-state index is 0.187. The van der Waals surface area contributed by atoms with Crippen LogP contribution in [0.25, 0.3) is 0 Å². The first-order chi connectivity index (χ1) is 9.70. The molecule has 0 saturated heterocycles. The molecule has 0 aliphatic heterocycles. The van der Waals surface area contributed by atoms with E-state index < -0.39 is 32.6 Å². The van der Waals surface area contributed by atoms with Gasteiger partial charge in [-0.2, -0.15) is 0 Å². The van der Waals surface area contributed by atoms with Gasteiger partial charge in [0.15, 0.2) is 4.90 Å². The van der Waals surface area contributed by atoms with Crippen LogP contribution in [0.2, 0.25) is 0 Å². The highest BCUT2D eigenvalue weighted by molar-refractivity contribution is 7.89. The maximum Gasteiger partial charge on any atom is 0.247 e. The van der Waals surface area contributed by atoms with Gasteiger partial charge in [-0.15, -0.1) is 11.3 Å². The highest BCUT2D eigenvalue weighted by atomic mass is 32.2. The van der Waals surface area contributed by atoms with Crippen molar-refractivity contribution < 1.29 is 17.2 Å². The summed E-state index contributed by atoms with van der Waals surface area (Å²) in [6, 6.07) is 0.816. The second kappa shape index (κ2) is 5.66. The number of sulfonamides is 1. The summed E-state index contributed by atoms with van der Waals surface area (Å²) in [4.78, 5) is 3.09. The van der Waals surface area contributed by atoms with Crippen LogP contribution in [0.4, 0.5) is 14.5 Å². The SMILES string of the molecule is Cc1csc(C(C)NS(=O)(=O)c2c(F)cc(N)cc2F)n1. The summed E-state index contributed by atoms with van der Waals surface area (Å²) in [5.41, 5.74) is 5.82. The molecule has 1 aromatic heterocycles. The first-order valence-corrected chi connectivity index (χ1v) is 8.26. The standard InChI is InChI=1S/C12H13F2N3O2S2/c1-6-5-20-12(16-6)7(2)17-21(18,19)11-9(13)3-8(15)4-10(11)14/h3-5,7,17H,15H2,1-2H3. The van der Waals surface area contributed by atoms with E-state index in [1.165, 1.54) is 11.3 Å². The van der Waals surface area contributed by atoms with Gasteiger partial charge in [0.2, 0.25) is 10.0 Å². The van der Waals surface area contributed by atoms with E-state index in [-0.39, 0.29) is 5.69 Å². The minimum Gasteiger partial charge on any atom is -0.399 e. The first-order valence-electron chi connectivity index (χ1n) is 5.89. The number of rotatable bonds is 4. The van der Waals surface area contributed by atoms with Crippen molar-refractivity contribution in [3.8, 4) is 0 Å². The first kappa shape index (κ1) is 15.8. The maximum atomic E-state index is 13.7. The van der Waals surface area contributed by atoms with Crippen molar-refractivity contribution in [3.63, 3.8) is 0 Å². The number of thiazole rings is 1. The average Bonchev–Trinajstić information content (AvgIpc) is 2.73. The summed E-state index contributed by atoms with van der Waals surface area (Å²) < 4.78 is 53.9. The van der Waals surface area contributed by atoms with E-state index in [4.69, 9.17) is 5.73 Å². The fourth-order valence-corrected chi connectivity index (χ4v) is 3.95. The molecule has 2 aromatic rings. The summed E-state index contributed by atoms with van der Waals surface area (Å²) in [7, 11) is -4.37. The number of hydrogen-bond donors (Lipinski definition) is 2. The monoisotopic (exact) mass is 333 g/mol. The fourth-order valence-electron chi connectivity index (χ4n) is 1.75. The van der Waals surface area contributed by atoms with Crippen molar-refractivity contribution in [3.05, 3.63) is 39.8 Å². The van der Waals surface area contributed by atoms with Crippen molar-refractivity contribution in [1.29, 1.82) is 0 Å². The zero-order valence-corrected chi connectivity index (χ0v) is 12.9. The molecule has 0 aliphatic carbocycles. The molecule has 0 saturated carbocycles. The summed E-state index contributed by atoms with van der Waals surface area (Å²) in [5, 5.41) is 2.26. The quantitative estimate of drug-likeness (QED) is 0.841. The van der Waals surface area contributed by atoms with Crippen LogP contribution in [-0.2, 0) is 10.0 Å².